The first-order valence-corrected chi connectivity index (χ1v) is 13.0. The molecule has 0 bridgehead atoms. The molecule has 0 amide bonds. The number of fused-ring (bicyclic) bond motifs is 1. The molecule has 0 aliphatic carbocycles. The van der Waals surface area contributed by atoms with Gasteiger partial charge in [-0.15, -0.1) is 11.3 Å². The van der Waals surface area contributed by atoms with Crippen molar-refractivity contribution >= 4 is 21.6 Å². The van der Waals surface area contributed by atoms with Crippen molar-refractivity contribution in [1.82, 2.24) is 19.9 Å². The van der Waals surface area contributed by atoms with Crippen LogP contribution in [-0.4, -0.2) is 26.0 Å². The smallest absolute Gasteiger partial charge is 0.212 e. The molecule has 8 heteroatoms. The fraction of sp³-hybridized carbons (Fsp3) is 0.241. The van der Waals surface area contributed by atoms with Gasteiger partial charge in [-0.2, -0.15) is 4.39 Å². The van der Waals surface area contributed by atoms with Crippen LogP contribution in [-0.2, 0) is 11.8 Å². The molecular weight excluding hydrogens is 483 g/mol. The van der Waals surface area contributed by atoms with Crippen LogP contribution < -0.4 is 11.5 Å². The van der Waals surface area contributed by atoms with E-state index >= 15 is 0 Å². The molecule has 6 nitrogen and oxygen atoms in total. The topological polar surface area (TPSA) is 104 Å². The average molecular weight is 513 g/mol. The largest absolute Gasteiger partial charge is 0.326 e. The summed E-state index contributed by atoms with van der Waals surface area (Å²) in [5.41, 5.74) is 18.4. The van der Waals surface area contributed by atoms with E-state index in [9.17, 15) is 4.39 Å². The molecular formula is C29H29FN6S. The molecule has 0 saturated carbocycles. The van der Waals surface area contributed by atoms with Crippen LogP contribution in [0.1, 0.15) is 42.9 Å². The van der Waals surface area contributed by atoms with Crippen LogP contribution in [0.25, 0.3) is 32.7 Å². The van der Waals surface area contributed by atoms with Crippen molar-refractivity contribution in [3.8, 4) is 22.5 Å². The number of thiophene rings is 1. The van der Waals surface area contributed by atoms with Gasteiger partial charge in [0, 0.05) is 46.2 Å². The predicted molar refractivity (Wildman–Crippen MR) is 148 cm³/mol. The van der Waals surface area contributed by atoms with E-state index in [1.165, 1.54) is 6.07 Å². The number of nitrogens with two attached hydrogens (primary N) is 2. The van der Waals surface area contributed by atoms with Gasteiger partial charge >= 0.3 is 0 Å². The highest BCUT2D eigenvalue weighted by molar-refractivity contribution is 7.20. The Hall–Kier alpha value is -3.59. The van der Waals surface area contributed by atoms with E-state index in [0.29, 0.717) is 17.9 Å². The number of hydrogen-bond acceptors (Lipinski definition) is 7. The van der Waals surface area contributed by atoms with Crippen LogP contribution in [0.2, 0.25) is 0 Å². The van der Waals surface area contributed by atoms with Crippen LogP contribution in [0.15, 0.2) is 73.2 Å². The maximum atomic E-state index is 13.7. The minimum absolute atomic E-state index is 0.209. The first-order valence-electron chi connectivity index (χ1n) is 12.1. The van der Waals surface area contributed by atoms with Crippen molar-refractivity contribution in [1.29, 1.82) is 0 Å². The van der Waals surface area contributed by atoms with E-state index in [4.69, 9.17) is 21.4 Å². The summed E-state index contributed by atoms with van der Waals surface area (Å²) in [4.78, 5) is 19.1. The molecule has 4 N–H and O–H groups in total. The zero-order valence-corrected chi connectivity index (χ0v) is 21.8. The van der Waals surface area contributed by atoms with Crippen molar-refractivity contribution in [3.05, 3.63) is 95.3 Å². The lowest BCUT2D eigenvalue weighted by Crippen LogP contribution is -2.36. The summed E-state index contributed by atoms with van der Waals surface area (Å²) in [7, 11) is 0. The molecule has 2 atom stereocenters. The van der Waals surface area contributed by atoms with Crippen LogP contribution in [0.4, 0.5) is 4.39 Å². The second kappa shape index (κ2) is 10.0. The molecule has 4 aromatic heterocycles. The second-order valence-corrected chi connectivity index (χ2v) is 11.2. The predicted octanol–water partition coefficient (Wildman–Crippen LogP) is 5.82. The van der Waals surface area contributed by atoms with Gasteiger partial charge in [-0.05, 0) is 41.7 Å². The number of nitrogens with zero attached hydrogens (tertiary/aromatic N) is 4. The monoisotopic (exact) mass is 512 g/mol. The summed E-state index contributed by atoms with van der Waals surface area (Å²) < 4.78 is 14.6. The van der Waals surface area contributed by atoms with Gasteiger partial charge in [-0.1, -0.05) is 51.1 Å². The fourth-order valence-electron chi connectivity index (χ4n) is 4.39. The normalized spacial score (nSPS) is 13.6. The van der Waals surface area contributed by atoms with Crippen molar-refractivity contribution in [2.24, 2.45) is 11.5 Å². The fourth-order valence-corrected chi connectivity index (χ4v) is 5.75. The average Bonchev–Trinajstić information content (AvgIpc) is 3.29. The zero-order valence-electron chi connectivity index (χ0n) is 21.0. The van der Waals surface area contributed by atoms with E-state index in [0.717, 1.165) is 37.3 Å². The van der Waals surface area contributed by atoms with Gasteiger partial charge in [0.25, 0.3) is 0 Å². The van der Waals surface area contributed by atoms with E-state index in [1.54, 1.807) is 36.0 Å². The molecule has 0 fully saturated rings. The summed E-state index contributed by atoms with van der Waals surface area (Å²) in [6, 6.07) is 16.0. The van der Waals surface area contributed by atoms with Crippen LogP contribution in [0.5, 0.6) is 0 Å². The number of rotatable bonds is 6. The third kappa shape index (κ3) is 5.13. The Bertz CT molecular complexity index is 1510. The molecule has 0 radical (unpaired) electrons. The Kier molecular flexibility index (Phi) is 6.81. The molecule has 37 heavy (non-hydrogen) atoms. The lowest BCUT2D eigenvalue weighted by molar-refractivity contribution is 0.537. The third-order valence-corrected chi connectivity index (χ3v) is 7.91. The summed E-state index contributed by atoms with van der Waals surface area (Å²) in [5.74, 6) is 0.0177. The number of halogens is 1. The summed E-state index contributed by atoms with van der Waals surface area (Å²) in [5, 5.41) is 0. The first kappa shape index (κ1) is 25.1. The Morgan fingerprint density at radius 1 is 0.919 bits per heavy atom. The van der Waals surface area contributed by atoms with Gasteiger partial charge in [0.2, 0.25) is 5.95 Å². The van der Waals surface area contributed by atoms with Gasteiger partial charge < -0.3 is 11.5 Å². The van der Waals surface area contributed by atoms with Gasteiger partial charge in [0.15, 0.2) is 5.82 Å². The zero-order chi connectivity index (χ0) is 26.2. The standard InChI is InChI=1S/C29H29FN6S/c1-29(2,3)27-22(19-9-10-21(30)34-16-19)24-26(37-27)25(36-28(35-24)18-11-13-33-14-12-18)23(32)20(31)15-17-7-5-4-6-8-17/h4-14,16,20,23H,15,31-32H2,1-3H3. The summed E-state index contributed by atoms with van der Waals surface area (Å²) in [6.07, 6.45) is 5.59. The van der Waals surface area contributed by atoms with Gasteiger partial charge in [0.05, 0.1) is 22.0 Å². The minimum atomic E-state index is -0.531. The second-order valence-electron chi connectivity index (χ2n) is 10.2. The van der Waals surface area contributed by atoms with E-state index in [-0.39, 0.29) is 11.5 Å². The molecule has 0 spiro atoms. The molecule has 1 aromatic carbocycles. The Labute approximate surface area is 219 Å². The van der Waals surface area contributed by atoms with Crippen molar-refractivity contribution in [3.63, 3.8) is 0 Å². The van der Waals surface area contributed by atoms with Crippen molar-refractivity contribution < 1.29 is 4.39 Å². The van der Waals surface area contributed by atoms with E-state index in [2.05, 4.69) is 30.7 Å². The molecule has 2 unspecified atom stereocenters. The van der Waals surface area contributed by atoms with E-state index in [1.807, 2.05) is 42.5 Å². The Morgan fingerprint density at radius 2 is 1.65 bits per heavy atom. The number of pyridine rings is 2. The molecule has 0 aliphatic heterocycles. The van der Waals surface area contributed by atoms with E-state index < -0.39 is 12.0 Å². The van der Waals surface area contributed by atoms with Gasteiger partial charge in [0.1, 0.15) is 0 Å². The summed E-state index contributed by atoms with van der Waals surface area (Å²) >= 11 is 1.62. The molecule has 188 valence electrons. The molecule has 0 saturated heterocycles. The Balaban J connectivity index is 1.75. The third-order valence-electron chi connectivity index (χ3n) is 6.29. The maximum absolute atomic E-state index is 13.7. The quantitative estimate of drug-likeness (QED) is 0.278. The molecule has 5 aromatic rings. The summed E-state index contributed by atoms with van der Waals surface area (Å²) in [6.45, 7) is 6.45. The highest BCUT2D eigenvalue weighted by Gasteiger charge is 2.30. The Morgan fingerprint density at radius 3 is 2.30 bits per heavy atom. The van der Waals surface area contributed by atoms with Crippen LogP contribution in [0, 0.1) is 5.95 Å². The highest BCUT2D eigenvalue weighted by atomic mass is 32.1. The van der Waals surface area contributed by atoms with Crippen LogP contribution in [0.3, 0.4) is 0 Å². The van der Waals surface area contributed by atoms with Crippen molar-refractivity contribution in [2.45, 2.75) is 44.7 Å². The van der Waals surface area contributed by atoms with Crippen LogP contribution >= 0.6 is 11.3 Å². The SMILES string of the molecule is CC(C)(C)c1sc2c(C(N)C(N)Cc3ccccc3)nc(-c3ccncc3)nc2c1-c1ccc(F)nc1. The molecule has 4 heterocycles. The van der Waals surface area contributed by atoms with Gasteiger partial charge in [-0.25, -0.2) is 15.0 Å². The molecule has 0 aliphatic rings. The minimum Gasteiger partial charge on any atom is -0.326 e. The maximum Gasteiger partial charge on any atom is 0.212 e. The molecule has 5 rings (SSSR count). The number of aromatic nitrogens is 4. The lowest BCUT2D eigenvalue weighted by Gasteiger charge is -2.21. The highest BCUT2D eigenvalue weighted by Crippen LogP contribution is 2.46. The first-order chi connectivity index (χ1) is 17.7. The number of benzene rings is 1. The van der Waals surface area contributed by atoms with Crippen molar-refractivity contribution in [2.75, 3.05) is 0 Å². The van der Waals surface area contributed by atoms with Gasteiger partial charge in [-0.3, -0.25) is 4.98 Å². The number of hydrogen-bond donors (Lipinski definition) is 2. The lowest BCUT2D eigenvalue weighted by atomic mass is 9.89.